The molecular weight excluding hydrogens is 340 g/mol. The molecule has 0 bridgehead atoms. The van der Waals surface area contributed by atoms with Gasteiger partial charge in [-0.3, -0.25) is 4.79 Å². The molecule has 1 saturated heterocycles. The number of rotatable bonds is 12. The number of methoxy groups -OCH3 is 1. The van der Waals surface area contributed by atoms with E-state index in [4.69, 9.17) is 14.5 Å². The van der Waals surface area contributed by atoms with E-state index in [9.17, 15) is 4.79 Å². The molecule has 1 aliphatic rings. The lowest BCUT2D eigenvalue weighted by atomic mass is 9.75. The SMILES string of the molecule is CCC=CC(CC)CC(CC)CC1(CC)CC(CC)C(CC(=O)OC)OO1. The Morgan fingerprint density at radius 1 is 1.22 bits per heavy atom. The van der Waals surface area contributed by atoms with Crippen LogP contribution in [0.1, 0.15) is 92.4 Å². The molecule has 0 saturated carbocycles. The molecule has 0 radical (unpaired) electrons. The van der Waals surface area contributed by atoms with E-state index in [-0.39, 0.29) is 24.1 Å². The maximum absolute atomic E-state index is 11.7. The van der Waals surface area contributed by atoms with Crippen molar-refractivity contribution >= 4 is 5.97 Å². The van der Waals surface area contributed by atoms with Gasteiger partial charge in [0.05, 0.1) is 13.5 Å². The van der Waals surface area contributed by atoms with Crippen LogP contribution in [0.5, 0.6) is 0 Å². The third-order valence-electron chi connectivity index (χ3n) is 6.32. The molecule has 0 N–H and O–H groups in total. The number of hydrogen-bond donors (Lipinski definition) is 0. The Hall–Kier alpha value is -0.870. The van der Waals surface area contributed by atoms with Gasteiger partial charge >= 0.3 is 5.97 Å². The predicted octanol–water partition coefficient (Wildman–Crippen LogP) is 6.24. The minimum absolute atomic E-state index is 0.196. The van der Waals surface area contributed by atoms with Gasteiger partial charge in [0.2, 0.25) is 0 Å². The highest BCUT2D eigenvalue weighted by atomic mass is 17.2. The molecule has 0 aromatic rings. The third-order valence-corrected chi connectivity index (χ3v) is 6.32. The van der Waals surface area contributed by atoms with Crippen molar-refractivity contribution in [2.45, 2.75) is 104 Å². The lowest BCUT2D eigenvalue weighted by Crippen LogP contribution is -2.46. The Labute approximate surface area is 167 Å². The Morgan fingerprint density at radius 2 is 1.96 bits per heavy atom. The summed E-state index contributed by atoms with van der Waals surface area (Å²) in [6.45, 7) is 11.1. The molecule has 1 heterocycles. The fourth-order valence-corrected chi connectivity index (χ4v) is 4.26. The van der Waals surface area contributed by atoms with E-state index in [1.165, 1.54) is 20.0 Å². The van der Waals surface area contributed by atoms with E-state index >= 15 is 0 Å². The summed E-state index contributed by atoms with van der Waals surface area (Å²) < 4.78 is 4.81. The summed E-state index contributed by atoms with van der Waals surface area (Å²) in [5.41, 5.74) is -0.235. The minimum atomic E-state index is -0.235. The summed E-state index contributed by atoms with van der Waals surface area (Å²) in [5, 5.41) is 0. The van der Waals surface area contributed by atoms with Crippen LogP contribution in [-0.4, -0.2) is 24.8 Å². The van der Waals surface area contributed by atoms with Crippen LogP contribution in [0.25, 0.3) is 0 Å². The summed E-state index contributed by atoms with van der Waals surface area (Å²) in [7, 11) is 1.42. The molecule has 0 amide bonds. The molecule has 0 aromatic heterocycles. The monoisotopic (exact) mass is 382 g/mol. The maximum Gasteiger partial charge on any atom is 0.308 e. The number of allylic oxidation sites excluding steroid dienone is 2. The van der Waals surface area contributed by atoms with Gasteiger partial charge in [0.15, 0.2) is 0 Å². The molecule has 0 aromatic carbocycles. The van der Waals surface area contributed by atoms with Gasteiger partial charge in [0.25, 0.3) is 0 Å². The average Bonchev–Trinajstić information content (AvgIpc) is 2.71. The van der Waals surface area contributed by atoms with Gasteiger partial charge in [-0.05, 0) is 56.3 Å². The summed E-state index contributed by atoms with van der Waals surface area (Å²) >= 11 is 0. The van der Waals surface area contributed by atoms with Crippen LogP contribution >= 0.6 is 0 Å². The highest BCUT2D eigenvalue weighted by Gasteiger charge is 2.43. The molecule has 4 heteroatoms. The quantitative estimate of drug-likeness (QED) is 0.227. The molecule has 1 rings (SSSR count). The molecule has 4 nitrogen and oxygen atoms in total. The van der Waals surface area contributed by atoms with Crippen molar-refractivity contribution in [1.29, 1.82) is 0 Å². The number of carbonyl (C=O) groups is 1. The van der Waals surface area contributed by atoms with E-state index in [0.29, 0.717) is 17.8 Å². The second-order valence-electron chi connectivity index (χ2n) is 8.13. The van der Waals surface area contributed by atoms with E-state index in [1.807, 2.05) is 0 Å². The zero-order valence-corrected chi connectivity index (χ0v) is 18.5. The maximum atomic E-state index is 11.7. The molecular formula is C23H42O4. The standard InChI is InChI=1S/C23H42O4/c1-7-12-13-18(8-2)14-19(9-3)16-23(11-5)17-20(10-4)21(26-27-23)15-22(24)25-6/h12-13,18-21H,7-11,14-17H2,1-6H3. The fourth-order valence-electron chi connectivity index (χ4n) is 4.26. The van der Waals surface area contributed by atoms with Crippen LogP contribution in [0.3, 0.4) is 0 Å². The van der Waals surface area contributed by atoms with Gasteiger partial charge in [-0.1, -0.05) is 59.6 Å². The molecule has 0 spiro atoms. The molecule has 27 heavy (non-hydrogen) atoms. The van der Waals surface area contributed by atoms with Gasteiger partial charge in [-0.2, -0.15) is 0 Å². The lowest BCUT2D eigenvalue weighted by molar-refractivity contribution is -0.424. The third kappa shape index (κ3) is 7.57. The number of hydrogen-bond acceptors (Lipinski definition) is 4. The first-order valence-corrected chi connectivity index (χ1v) is 11.0. The topological polar surface area (TPSA) is 44.8 Å². The molecule has 1 aliphatic heterocycles. The van der Waals surface area contributed by atoms with Crippen LogP contribution in [0.2, 0.25) is 0 Å². The van der Waals surface area contributed by atoms with Crippen molar-refractivity contribution in [2.24, 2.45) is 17.8 Å². The first kappa shape index (κ1) is 24.2. The summed E-state index contributed by atoms with van der Waals surface area (Å²) in [6.07, 6.45) is 13.3. The Kier molecular flexibility index (Phi) is 11.2. The molecule has 5 unspecified atom stereocenters. The minimum Gasteiger partial charge on any atom is -0.469 e. The first-order valence-electron chi connectivity index (χ1n) is 11.0. The Balaban J connectivity index is 2.78. The average molecular weight is 383 g/mol. The molecule has 1 fully saturated rings. The van der Waals surface area contributed by atoms with E-state index in [1.54, 1.807) is 0 Å². The molecule has 158 valence electrons. The van der Waals surface area contributed by atoms with Crippen LogP contribution in [0.15, 0.2) is 12.2 Å². The Bertz CT molecular complexity index is 448. The molecule has 5 atom stereocenters. The van der Waals surface area contributed by atoms with Crippen molar-refractivity contribution < 1.29 is 19.3 Å². The zero-order chi connectivity index (χ0) is 20.3. The van der Waals surface area contributed by atoms with E-state index in [0.717, 1.165) is 38.5 Å². The van der Waals surface area contributed by atoms with Gasteiger partial charge in [0.1, 0.15) is 11.7 Å². The van der Waals surface area contributed by atoms with Crippen LogP contribution in [0.4, 0.5) is 0 Å². The van der Waals surface area contributed by atoms with E-state index < -0.39 is 0 Å². The van der Waals surface area contributed by atoms with Crippen molar-refractivity contribution in [3.05, 3.63) is 12.2 Å². The lowest BCUT2D eigenvalue weighted by Gasteiger charge is -2.44. The highest BCUT2D eigenvalue weighted by Crippen LogP contribution is 2.42. The van der Waals surface area contributed by atoms with Crippen LogP contribution in [-0.2, 0) is 19.3 Å². The summed E-state index contributed by atoms with van der Waals surface area (Å²) in [5.74, 6) is 1.36. The summed E-state index contributed by atoms with van der Waals surface area (Å²) in [6, 6.07) is 0. The van der Waals surface area contributed by atoms with Crippen molar-refractivity contribution in [3.63, 3.8) is 0 Å². The molecule has 0 aliphatic carbocycles. The van der Waals surface area contributed by atoms with Gasteiger partial charge in [-0.15, -0.1) is 0 Å². The number of carbonyl (C=O) groups excluding carboxylic acids is 1. The number of ether oxygens (including phenoxy) is 1. The number of esters is 1. The summed E-state index contributed by atoms with van der Waals surface area (Å²) in [4.78, 5) is 23.5. The highest BCUT2D eigenvalue weighted by molar-refractivity contribution is 5.69. The van der Waals surface area contributed by atoms with Gasteiger partial charge < -0.3 is 4.74 Å². The van der Waals surface area contributed by atoms with Gasteiger partial charge in [-0.25, -0.2) is 9.78 Å². The van der Waals surface area contributed by atoms with Gasteiger partial charge in [0, 0.05) is 0 Å². The van der Waals surface area contributed by atoms with Crippen LogP contribution in [0, 0.1) is 17.8 Å². The van der Waals surface area contributed by atoms with Crippen molar-refractivity contribution in [2.75, 3.05) is 7.11 Å². The van der Waals surface area contributed by atoms with Crippen molar-refractivity contribution in [3.8, 4) is 0 Å². The normalized spacial score (nSPS) is 28.2. The first-order chi connectivity index (χ1) is 13.0. The second kappa shape index (κ2) is 12.6. The Morgan fingerprint density at radius 3 is 2.48 bits per heavy atom. The largest absolute Gasteiger partial charge is 0.469 e. The van der Waals surface area contributed by atoms with Crippen LogP contribution < -0.4 is 0 Å². The zero-order valence-electron chi connectivity index (χ0n) is 18.5. The van der Waals surface area contributed by atoms with E-state index in [2.05, 4.69) is 46.8 Å². The smallest absolute Gasteiger partial charge is 0.308 e. The second-order valence-corrected chi connectivity index (χ2v) is 8.13. The predicted molar refractivity (Wildman–Crippen MR) is 110 cm³/mol. The fraction of sp³-hybridized carbons (Fsp3) is 0.870. The van der Waals surface area contributed by atoms with Crippen molar-refractivity contribution in [1.82, 2.24) is 0 Å².